The number of carbonyl (C=O) groups excluding carboxylic acids is 1. The molecule has 0 aliphatic carbocycles. The Kier molecular flexibility index (Phi) is 4.77. The largest absolute Gasteiger partial charge is 0.459 e. The van der Waals surface area contributed by atoms with Crippen LogP contribution in [0.25, 0.3) is 0 Å². The summed E-state index contributed by atoms with van der Waals surface area (Å²) >= 11 is 0. The zero-order chi connectivity index (χ0) is 14.5. The number of aromatic nitrogens is 1. The first-order valence-corrected chi connectivity index (χ1v) is 7.15. The van der Waals surface area contributed by atoms with Crippen molar-refractivity contribution in [3.8, 4) is 0 Å². The minimum atomic E-state index is -0.297. The Bertz CT molecular complexity index is 477. The van der Waals surface area contributed by atoms with Gasteiger partial charge < -0.3 is 9.64 Å². The van der Waals surface area contributed by atoms with Crippen molar-refractivity contribution in [2.24, 2.45) is 5.92 Å². The molecular formula is C16H22N2O2. The Morgan fingerprint density at radius 2 is 2.20 bits per heavy atom. The van der Waals surface area contributed by atoms with Crippen LogP contribution < -0.4 is 4.90 Å². The van der Waals surface area contributed by atoms with E-state index in [1.807, 2.05) is 19.9 Å². The topological polar surface area (TPSA) is 42.4 Å². The van der Waals surface area contributed by atoms with Crippen LogP contribution >= 0.6 is 0 Å². The minimum absolute atomic E-state index is 0.123. The molecule has 1 aromatic rings. The van der Waals surface area contributed by atoms with Gasteiger partial charge in [-0.3, -0.25) is 0 Å². The molecular weight excluding hydrogens is 252 g/mol. The molecule has 1 aliphatic heterocycles. The standard InChI is InChI=1S/C16H22N2O2/c1-4-13-7-10-18(11-8-13)15-14(6-5-9-17-15)16(19)20-12(2)3/h4-6,9,12-13H,1,7-8,10-11H2,2-3H3. The van der Waals surface area contributed by atoms with Crippen LogP contribution in [0.15, 0.2) is 31.0 Å². The van der Waals surface area contributed by atoms with Crippen molar-refractivity contribution in [3.05, 3.63) is 36.5 Å². The first-order valence-electron chi connectivity index (χ1n) is 7.15. The third-order valence-corrected chi connectivity index (χ3v) is 3.52. The zero-order valence-corrected chi connectivity index (χ0v) is 12.2. The molecule has 4 nitrogen and oxygen atoms in total. The molecule has 0 radical (unpaired) electrons. The number of ether oxygens (including phenoxy) is 1. The van der Waals surface area contributed by atoms with Crippen LogP contribution in [0.2, 0.25) is 0 Å². The predicted molar refractivity (Wildman–Crippen MR) is 79.9 cm³/mol. The Labute approximate surface area is 120 Å². The zero-order valence-electron chi connectivity index (χ0n) is 12.2. The lowest BCUT2D eigenvalue weighted by Crippen LogP contribution is -2.35. The second kappa shape index (κ2) is 6.55. The summed E-state index contributed by atoms with van der Waals surface area (Å²) in [6.07, 6.45) is 5.73. The van der Waals surface area contributed by atoms with Crippen molar-refractivity contribution in [1.29, 1.82) is 0 Å². The van der Waals surface area contributed by atoms with Gasteiger partial charge in [0.15, 0.2) is 0 Å². The van der Waals surface area contributed by atoms with E-state index >= 15 is 0 Å². The van der Waals surface area contributed by atoms with E-state index in [2.05, 4.69) is 16.5 Å². The summed E-state index contributed by atoms with van der Waals surface area (Å²) in [6.45, 7) is 9.35. The van der Waals surface area contributed by atoms with Crippen LogP contribution in [-0.2, 0) is 4.74 Å². The summed E-state index contributed by atoms with van der Waals surface area (Å²) in [5.41, 5.74) is 0.554. The molecule has 2 rings (SSSR count). The number of hydrogen-bond acceptors (Lipinski definition) is 4. The molecule has 0 unspecified atom stereocenters. The van der Waals surface area contributed by atoms with Gasteiger partial charge in [0.05, 0.1) is 6.10 Å². The highest BCUT2D eigenvalue weighted by Gasteiger charge is 2.23. The van der Waals surface area contributed by atoms with Crippen molar-refractivity contribution in [3.63, 3.8) is 0 Å². The molecule has 108 valence electrons. The molecule has 0 atom stereocenters. The molecule has 1 aromatic heterocycles. The Morgan fingerprint density at radius 1 is 1.50 bits per heavy atom. The van der Waals surface area contributed by atoms with E-state index < -0.39 is 0 Å². The second-order valence-corrected chi connectivity index (χ2v) is 5.39. The SMILES string of the molecule is C=CC1CCN(c2ncccc2C(=O)OC(C)C)CC1. The van der Waals surface area contributed by atoms with Gasteiger partial charge in [0.2, 0.25) is 0 Å². The summed E-state index contributed by atoms with van der Waals surface area (Å²) in [6, 6.07) is 3.56. The minimum Gasteiger partial charge on any atom is -0.459 e. The fraction of sp³-hybridized carbons (Fsp3) is 0.500. The highest BCUT2D eigenvalue weighted by Crippen LogP contribution is 2.25. The molecule has 20 heavy (non-hydrogen) atoms. The average Bonchev–Trinajstić information content (AvgIpc) is 2.46. The highest BCUT2D eigenvalue weighted by atomic mass is 16.5. The molecule has 0 aromatic carbocycles. The maximum atomic E-state index is 12.1. The first-order chi connectivity index (χ1) is 9.61. The number of carbonyl (C=O) groups is 1. The lowest BCUT2D eigenvalue weighted by molar-refractivity contribution is 0.0378. The van der Waals surface area contributed by atoms with Crippen molar-refractivity contribution >= 4 is 11.8 Å². The van der Waals surface area contributed by atoms with Gasteiger partial charge in [-0.1, -0.05) is 6.08 Å². The fourth-order valence-electron chi connectivity index (χ4n) is 2.43. The Balaban J connectivity index is 2.16. The Morgan fingerprint density at radius 3 is 2.80 bits per heavy atom. The monoisotopic (exact) mass is 274 g/mol. The Hall–Kier alpha value is -1.84. The normalized spacial score (nSPS) is 16.2. The second-order valence-electron chi connectivity index (χ2n) is 5.39. The van der Waals surface area contributed by atoms with E-state index in [4.69, 9.17) is 4.74 Å². The number of hydrogen-bond donors (Lipinski definition) is 0. The van der Waals surface area contributed by atoms with Gasteiger partial charge in [0.25, 0.3) is 0 Å². The number of pyridine rings is 1. The highest BCUT2D eigenvalue weighted by molar-refractivity contribution is 5.94. The van der Waals surface area contributed by atoms with Crippen LogP contribution in [-0.4, -0.2) is 30.1 Å². The van der Waals surface area contributed by atoms with Gasteiger partial charge >= 0.3 is 5.97 Å². The summed E-state index contributed by atoms with van der Waals surface area (Å²) in [5, 5.41) is 0. The van der Waals surface area contributed by atoms with Gasteiger partial charge in [0.1, 0.15) is 11.4 Å². The van der Waals surface area contributed by atoms with Crippen LogP contribution in [0, 0.1) is 5.92 Å². The fourth-order valence-corrected chi connectivity index (χ4v) is 2.43. The van der Waals surface area contributed by atoms with E-state index in [0.29, 0.717) is 11.5 Å². The lowest BCUT2D eigenvalue weighted by Gasteiger charge is -2.32. The van der Waals surface area contributed by atoms with Crippen molar-refractivity contribution in [2.45, 2.75) is 32.8 Å². The van der Waals surface area contributed by atoms with Crippen molar-refractivity contribution < 1.29 is 9.53 Å². The molecule has 1 saturated heterocycles. The van der Waals surface area contributed by atoms with E-state index in [1.54, 1.807) is 18.3 Å². The van der Waals surface area contributed by atoms with Crippen molar-refractivity contribution in [2.75, 3.05) is 18.0 Å². The van der Waals surface area contributed by atoms with Crippen LogP contribution in [0.4, 0.5) is 5.82 Å². The van der Waals surface area contributed by atoms with E-state index in [1.165, 1.54) is 0 Å². The third kappa shape index (κ3) is 3.38. The molecule has 0 spiro atoms. The van der Waals surface area contributed by atoms with Gasteiger partial charge in [-0.25, -0.2) is 9.78 Å². The molecule has 0 bridgehead atoms. The number of rotatable bonds is 4. The van der Waals surface area contributed by atoms with Gasteiger partial charge in [-0.2, -0.15) is 0 Å². The summed E-state index contributed by atoms with van der Waals surface area (Å²) in [7, 11) is 0. The van der Waals surface area contributed by atoms with Crippen LogP contribution in [0.1, 0.15) is 37.0 Å². The summed E-state index contributed by atoms with van der Waals surface area (Å²) in [4.78, 5) is 18.7. The van der Waals surface area contributed by atoms with E-state index in [9.17, 15) is 4.79 Å². The lowest BCUT2D eigenvalue weighted by atomic mass is 9.97. The first kappa shape index (κ1) is 14.6. The molecule has 2 heterocycles. The van der Waals surface area contributed by atoms with Crippen molar-refractivity contribution in [1.82, 2.24) is 4.98 Å². The van der Waals surface area contributed by atoms with Gasteiger partial charge in [0, 0.05) is 19.3 Å². The maximum absolute atomic E-state index is 12.1. The molecule has 1 fully saturated rings. The quantitative estimate of drug-likeness (QED) is 0.625. The molecule has 0 amide bonds. The third-order valence-electron chi connectivity index (χ3n) is 3.52. The smallest absolute Gasteiger partial charge is 0.342 e. The summed E-state index contributed by atoms with van der Waals surface area (Å²) in [5.74, 6) is 1.01. The molecule has 1 aliphatic rings. The average molecular weight is 274 g/mol. The van der Waals surface area contributed by atoms with Crippen LogP contribution in [0.3, 0.4) is 0 Å². The number of esters is 1. The molecule has 0 N–H and O–H groups in total. The number of nitrogens with zero attached hydrogens (tertiary/aromatic N) is 2. The maximum Gasteiger partial charge on any atom is 0.342 e. The van der Waals surface area contributed by atoms with E-state index in [-0.39, 0.29) is 12.1 Å². The van der Waals surface area contributed by atoms with Gasteiger partial charge in [-0.05, 0) is 44.7 Å². The van der Waals surface area contributed by atoms with Gasteiger partial charge in [-0.15, -0.1) is 6.58 Å². The number of piperidine rings is 1. The van der Waals surface area contributed by atoms with E-state index in [0.717, 1.165) is 31.7 Å². The summed E-state index contributed by atoms with van der Waals surface area (Å²) < 4.78 is 5.29. The van der Waals surface area contributed by atoms with Crippen LogP contribution in [0.5, 0.6) is 0 Å². The molecule has 0 saturated carbocycles. The number of anilines is 1. The predicted octanol–water partition coefficient (Wildman–Crippen LogP) is 3.05. The molecule has 4 heteroatoms. The number of allylic oxidation sites excluding steroid dienone is 1.